The van der Waals surface area contributed by atoms with Crippen LogP contribution in [0.4, 0.5) is 0 Å². The van der Waals surface area contributed by atoms with Crippen molar-refractivity contribution in [3.8, 4) is 11.8 Å². The van der Waals surface area contributed by atoms with E-state index in [9.17, 15) is 13.2 Å². The molecule has 0 saturated heterocycles. The molecule has 0 saturated carbocycles. The van der Waals surface area contributed by atoms with Gasteiger partial charge in [-0.05, 0) is 11.4 Å². The third kappa shape index (κ3) is 5.33. The van der Waals surface area contributed by atoms with E-state index in [4.69, 9.17) is 5.11 Å². The van der Waals surface area contributed by atoms with Crippen LogP contribution >= 0.6 is 11.3 Å². The van der Waals surface area contributed by atoms with Crippen molar-refractivity contribution < 1.29 is 18.3 Å². The SMILES string of the molecule is CCS(=O)(=O)CCNC(=O)c1sccc1C#CCCO. The molecular weight excluding hydrogens is 298 g/mol. The fourth-order valence-electron chi connectivity index (χ4n) is 1.34. The van der Waals surface area contributed by atoms with Crippen LogP contribution in [0.25, 0.3) is 0 Å². The van der Waals surface area contributed by atoms with E-state index in [1.807, 2.05) is 0 Å². The van der Waals surface area contributed by atoms with Crippen LogP contribution in [0.1, 0.15) is 28.6 Å². The molecule has 0 aromatic carbocycles. The predicted octanol–water partition coefficient (Wildman–Crippen LogP) is 0.647. The van der Waals surface area contributed by atoms with Gasteiger partial charge in [-0.15, -0.1) is 11.3 Å². The van der Waals surface area contributed by atoms with E-state index in [1.54, 1.807) is 18.4 Å². The molecule has 0 fully saturated rings. The van der Waals surface area contributed by atoms with Gasteiger partial charge in [0.15, 0.2) is 9.84 Å². The average molecular weight is 315 g/mol. The predicted molar refractivity (Wildman–Crippen MR) is 79.6 cm³/mol. The lowest BCUT2D eigenvalue weighted by Crippen LogP contribution is -2.29. The van der Waals surface area contributed by atoms with Gasteiger partial charge in [0, 0.05) is 24.3 Å². The molecule has 0 aliphatic heterocycles. The molecule has 0 spiro atoms. The second-order valence-corrected chi connectivity index (χ2v) is 7.32. The average Bonchev–Trinajstić information content (AvgIpc) is 2.87. The number of rotatable bonds is 6. The molecule has 1 heterocycles. The van der Waals surface area contributed by atoms with Crippen molar-refractivity contribution in [2.45, 2.75) is 13.3 Å². The highest BCUT2D eigenvalue weighted by atomic mass is 32.2. The lowest BCUT2D eigenvalue weighted by atomic mass is 10.2. The molecule has 0 radical (unpaired) electrons. The monoisotopic (exact) mass is 315 g/mol. The highest BCUT2D eigenvalue weighted by Crippen LogP contribution is 2.15. The van der Waals surface area contributed by atoms with Crippen molar-refractivity contribution in [1.82, 2.24) is 5.32 Å². The Morgan fingerprint density at radius 3 is 2.90 bits per heavy atom. The van der Waals surface area contributed by atoms with Crippen LogP contribution in [0.5, 0.6) is 0 Å². The molecule has 1 amide bonds. The molecule has 0 aliphatic carbocycles. The lowest BCUT2D eigenvalue weighted by Gasteiger charge is -2.04. The highest BCUT2D eigenvalue weighted by Gasteiger charge is 2.13. The third-order valence-corrected chi connectivity index (χ3v) is 5.09. The van der Waals surface area contributed by atoms with Crippen molar-refractivity contribution in [3.05, 3.63) is 21.9 Å². The van der Waals surface area contributed by atoms with E-state index < -0.39 is 9.84 Å². The van der Waals surface area contributed by atoms with Crippen LogP contribution < -0.4 is 5.32 Å². The second kappa shape index (κ2) is 8.04. The van der Waals surface area contributed by atoms with E-state index in [-0.39, 0.29) is 30.6 Å². The maximum absolute atomic E-state index is 11.9. The Morgan fingerprint density at radius 1 is 1.50 bits per heavy atom. The second-order valence-electron chi connectivity index (χ2n) is 3.93. The number of amides is 1. The summed E-state index contributed by atoms with van der Waals surface area (Å²) in [4.78, 5) is 12.4. The summed E-state index contributed by atoms with van der Waals surface area (Å²) in [6.45, 7) is 1.65. The van der Waals surface area contributed by atoms with Crippen molar-refractivity contribution in [2.24, 2.45) is 0 Å². The Morgan fingerprint density at radius 2 is 2.25 bits per heavy atom. The summed E-state index contributed by atoms with van der Waals surface area (Å²) in [6, 6.07) is 1.73. The summed E-state index contributed by atoms with van der Waals surface area (Å²) in [5.74, 6) is 5.25. The molecule has 1 aromatic rings. The fraction of sp³-hybridized carbons (Fsp3) is 0.462. The zero-order valence-electron chi connectivity index (χ0n) is 11.2. The first-order valence-corrected chi connectivity index (χ1v) is 8.86. The number of hydrogen-bond donors (Lipinski definition) is 2. The van der Waals surface area contributed by atoms with E-state index >= 15 is 0 Å². The molecule has 20 heavy (non-hydrogen) atoms. The zero-order valence-corrected chi connectivity index (χ0v) is 12.8. The van der Waals surface area contributed by atoms with Crippen molar-refractivity contribution in [1.29, 1.82) is 0 Å². The molecule has 0 aliphatic rings. The smallest absolute Gasteiger partial charge is 0.262 e. The highest BCUT2D eigenvalue weighted by molar-refractivity contribution is 7.91. The molecular formula is C13H17NO4S2. The third-order valence-electron chi connectivity index (χ3n) is 2.47. The van der Waals surface area contributed by atoms with Gasteiger partial charge in [0.25, 0.3) is 5.91 Å². The van der Waals surface area contributed by atoms with Crippen LogP contribution in [0.3, 0.4) is 0 Å². The van der Waals surface area contributed by atoms with E-state index in [0.29, 0.717) is 16.9 Å². The van der Waals surface area contributed by atoms with Crippen LogP contribution in [0, 0.1) is 11.8 Å². The van der Waals surface area contributed by atoms with Crippen LogP contribution in [0.15, 0.2) is 11.4 Å². The summed E-state index contributed by atoms with van der Waals surface area (Å²) >= 11 is 1.25. The number of carbonyl (C=O) groups excluding carboxylic acids is 1. The van der Waals surface area contributed by atoms with Gasteiger partial charge in [-0.2, -0.15) is 0 Å². The van der Waals surface area contributed by atoms with Gasteiger partial charge in [0.1, 0.15) is 4.88 Å². The van der Waals surface area contributed by atoms with Crippen LogP contribution in [-0.2, 0) is 9.84 Å². The number of nitrogens with one attached hydrogen (secondary N) is 1. The molecule has 110 valence electrons. The van der Waals surface area contributed by atoms with Gasteiger partial charge < -0.3 is 10.4 Å². The number of thiophene rings is 1. The van der Waals surface area contributed by atoms with E-state index in [2.05, 4.69) is 17.2 Å². The van der Waals surface area contributed by atoms with Crippen LogP contribution in [-0.4, -0.2) is 44.1 Å². The largest absolute Gasteiger partial charge is 0.395 e. The van der Waals surface area contributed by atoms with Crippen molar-refractivity contribution >= 4 is 27.1 Å². The molecule has 5 nitrogen and oxygen atoms in total. The Hall–Kier alpha value is -1.36. The van der Waals surface area contributed by atoms with Crippen molar-refractivity contribution in [2.75, 3.05) is 24.7 Å². The molecule has 7 heteroatoms. The van der Waals surface area contributed by atoms with Gasteiger partial charge in [-0.3, -0.25) is 4.79 Å². The maximum Gasteiger partial charge on any atom is 0.262 e. The quantitative estimate of drug-likeness (QED) is 0.755. The number of aliphatic hydroxyl groups is 1. The number of sulfone groups is 1. The normalized spacial score (nSPS) is 10.7. The molecule has 0 atom stereocenters. The maximum atomic E-state index is 11.9. The summed E-state index contributed by atoms with van der Waals surface area (Å²) < 4.78 is 22.6. The summed E-state index contributed by atoms with van der Waals surface area (Å²) in [5, 5.41) is 13.0. The Balaban J connectivity index is 2.61. The van der Waals surface area contributed by atoms with Gasteiger partial charge >= 0.3 is 0 Å². The molecule has 1 rings (SSSR count). The fourth-order valence-corrected chi connectivity index (χ4v) is 2.81. The minimum absolute atomic E-state index is 0.0203. The number of carbonyl (C=O) groups is 1. The van der Waals surface area contributed by atoms with Crippen LogP contribution in [0.2, 0.25) is 0 Å². The minimum atomic E-state index is -3.08. The molecule has 2 N–H and O–H groups in total. The molecule has 0 unspecified atom stereocenters. The Bertz CT molecular complexity index is 608. The van der Waals surface area contributed by atoms with E-state index in [0.717, 1.165) is 0 Å². The Labute approximate surface area is 122 Å². The van der Waals surface area contributed by atoms with Gasteiger partial charge in [-0.1, -0.05) is 18.8 Å². The summed E-state index contributed by atoms with van der Waals surface area (Å²) in [6.07, 6.45) is 0.353. The molecule has 1 aromatic heterocycles. The first-order valence-electron chi connectivity index (χ1n) is 6.16. The van der Waals surface area contributed by atoms with Crippen molar-refractivity contribution in [3.63, 3.8) is 0 Å². The zero-order chi connectivity index (χ0) is 15.0. The minimum Gasteiger partial charge on any atom is -0.395 e. The first kappa shape index (κ1) is 16.7. The standard InChI is InChI=1S/C13H17NO4S2/c1-2-20(17,18)10-7-14-13(16)12-11(6-9-19-12)5-3-4-8-15/h6,9,15H,2,4,7-8,10H2,1H3,(H,14,16). The lowest BCUT2D eigenvalue weighted by molar-refractivity contribution is 0.0960. The van der Waals surface area contributed by atoms with Gasteiger partial charge in [0.2, 0.25) is 0 Å². The summed E-state index contributed by atoms with van der Waals surface area (Å²) in [5.41, 5.74) is 0.597. The number of hydrogen-bond acceptors (Lipinski definition) is 5. The summed E-state index contributed by atoms with van der Waals surface area (Å²) in [7, 11) is -3.08. The van der Waals surface area contributed by atoms with Gasteiger partial charge in [-0.25, -0.2) is 8.42 Å². The topological polar surface area (TPSA) is 83.5 Å². The molecule has 0 bridgehead atoms. The van der Waals surface area contributed by atoms with Gasteiger partial charge in [0.05, 0.1) is 12.4 Å². The van der Waals surface area contributed by atoms with E-state index in [1.165, 1.54) is 11.3 Å². The Kier molecular flexibility index (Phi) is 6.71. The number of aliphatic hydroxyl groups excluding tert-OH is 1. The first-order chi connectivity index (χ1) is 9.50.